The van der Waals surface area contributed by atoms with Crippen LogP contribution in [0.25, 0.3) is 0 Å². The van der Waals surface area contributed by atoms with Crippen LogP contribution in [-0.2, 0) is 9.59 Å². The Morgan fingerprint density at radius 1 is 1.08 bits per heavy atom. The van der Waals surface area contributed by atoms with Gasteiger partial charge in [0.05, 0.1) is 5.69 Å². The molecule has 0 aromatic heterocycles. The zero-order valence-electron chi connectivity index (χ0n) is 15.3. The molecule has 1 aliphatic heterocycles. The number of amides is 2. The van der Waals surface area contributed by atoms with Gasteiger partial charge in [-0.2, -0.15) is 0 Å². The average Bonchev–Trinajstić information content (AvgIpc) is 3.15. The van der Waals surface area contributed by atoms with Crippen molar-refractivity contribution in [2.75, 3.05) is 38.0 Å². The summed E-state index contributed by atoms with van der Waals surface area (Å²) in [5.74, 6) is 0.265. The van der Waals surface area contributed by atoms with Gasteiger partial charge in [-0.05, 0) is 30.9 Å². The normalized spacial score (nSPS) is 18.9. The topological polar surface area (TPSA) is 52.7 Å². The highest BCUT2D eigenvalue weighted by atomic mass is 19.1. The van der Waals surface area contributed by atoms with Gasteiger partial charge in [-0.15, -0.1) is 0 Å². The third-order valence-corrected chi connectivity index (χ3v) is 5.47. The van der Waals surface area contributed by atoms with E-state index in [2.05, 4.69) is 10.2 Å². The van der Waals surface area contributed by atoms with Gasteiger partial charge in [-0.25, -0.2) is 4.39 Å². The van der Waals surface area contributed by atoms with Gasteiger partial charge in [-0.3, -0.25) is 14.5 Å². The van der Waals surface area contributed by atoms with Crippen LogP contribution in [-0.4, -0.2) is 54.3 Å². The standard InChI is InChI=1S/C20H28FN3O2/c21-17-7-3-4-8-18(17)22-19(25)9-10-23-11-13-24(14-12-23)20(26)15-16-5-1-2-6-16/h3-4,7-8,16H,1-2,5-6,9-15H2,(H,22,25). The molecule has 1 heterocycles. The molecule has 2 aliphatic rings. The molecule has 0 atom stereocenters. The van der Waals surface area contributed by atoms with E-state index in [1.54, 1.807) is 18.2 Å². The van der Waals surface area contributed by atoms with Crippen LogP contribution in [0.1, 0.15) is 38.5 Å². The molecule has 0 bridgehead atoms. The van der Waals surface area contributed by atoms with Crippen molar-refractivity contribution in [1.29, 1.82) is 0 Å². The zero-order chi connectivity index (χ0) is 18.4. The number of piperazine rings is 1. The second-order valence-electron chi connectivity index (χ2n) is 7.36. The summed E-state index contributed by atoms with van der Waals surface area (Å²) < 4.78 is 13.5. The van der Waals surface area contributed by atoms with E-state index in [-0.39, 0.29) is 17.5 Å². The summed E-state index contributed by atoms with van der Waals surface area (Å²) in [5, 5.41) is 2.61. The van der Waals surface area contributed by atoms with E-state index in [1.807, 2.05) is 4.90 Å². The van der Waals surface area contributed by atoms with Gasteiger partial charge in [0.15, 0.2) is 0 Å². The van der Waals surface area contributed by atoms with Crippen LogP contribution in [0.2, 0.25) is 0 Å². The third kappa shape index (κ3) is 5.27. The Morgan fingerprint density at radius 3 is 2.46 bits per heavy atom. The van der Waals surface area contributed by atoms with Gasteiger partial charge in [0, 0.05) is 45.6 Å². The number of nitrogens with one attached hydrogen (secondary N) is 1. The summed E-state index contributed by atoms with van der Waals surface area (Å²) in [6.07, 6.45) is 5.95. The van der Waals surface area contributed by atoms with Gasteiger partial charge in [0.2, 0.25) is 11.8 Å². The van der Waals surface area contributed by atoms with Crippen LogP contribution in [0.5, 0.6) is 0 Å². The Kier molecular flexibility index (Phi) is 6.61. The molecule has 1 saturated heterocycles. The molecule has 0 radical (unpaired) electrons. The fraction of sp³-hybridized carbons (Fsp3) is 0.600. The molecular formula is C20H28FN3O2. The first kappa shape index (κ1) is 18.8. The lowest BCUT2D eigenvalue weighted by atomic mass is 10.0. The first-order valence-corrected chi connectivity index (χ1v) is 9.66. The highest BCUT2D eigenvalue weighted by Gasteiger charge is 2.25. The molecule has 1 aromatic rings. The summed E-state index contributed by atoms with van der Waals surface area (Å²) in [4.78, 5) is 28.5. The number of carbonyl (C=O) groups is 2. The molecule has 1 saturated carbocycles. The molecule has 26 heavy (non-hydrogen) atoms. The summed E-state index contributed by atoms with van der Waals surface area (Å²) in [6.45, 7) is 3.69. The van der Waals surface area contributed by atoms with E-state index < -0.39 is 5.82 Å². The van der Waals surface area contributed by atoms with Crippen molar-refractivity contribution < 1.29 is 14.0 Å². The van der Waals surface area contributed by atoms with Crippen LogP contribution in [0.3, 0.4) is 0 Å². The Labute approximate surface area is 154 Å². The van der Waals surface area contributed by atoms with Crippen LogP contribution >= 0.6 is 0 Å². The third-order valence-electron chi connectivity index (χ3n) is 5.47. The number of halogens is 1. The molecule has 2 fully saturated rings. The fourth-order valence-electron chi connectivity index (χ4n) is 3.85. The zero-order valence-corrected chi connectivity index (χ0v) is 15.3. The van der Waals surface area contributed by atoms with E-state index in [9.17, 15) is 14.0 Å². The predicted octanol–water partition coefficient (Wildman–Crippen LogP) is 2.88. The quantitative estimate of drug-likeness (QED) is 0.848. The van der Waals surface area contributed by atoms with E-state index in [1.165, 1.54) is 31.7 Å². The lowest BCUT2D eigenvalue weighted by Crippen LogP contribution is -2.49. The Hall–Kier alpha value is -1.95. The Morgan fingerprint density at radius 2 is 1.77 bits per heavy atom. The van der Waals surface area contributed by atoms with Crippen molar-refractivity contribution in [3.8, 4) is 0 Å². The second kappa shape index (κ2) is 9.12. The molecule has 2 amide bonds. The first-order chi connectivity index (χ1) is 12.6. The first-order valence-electron chi connectivity index (χ1n) is 9.66. The summed E-state index contributed by atoms with van der Waals surface area (Å²) in [6, 6.07) is 6.18. The number of benzene rings is 1. The average molecular weight is 361 g/mol. The van der Waals surface area contributed by atoms with Crippen molar-refractivity contribution in [2.24, 2.45) is 5.92 Å². The minimum atomic E-state index is -0.421. The van der Waals surface area contributed by atoms with Crippen LogP contribution in [0, 0.1) is 11.7 Å². The molecule has 6 heteroatoms. The molecule has 1 N–H and O–H groups in total. The maximum Gasteiger partial charge on any atom is 0.225 e. The van der Waals surface area contributed by atoms with E-state index in [0.29, 0.717) is 25.3 Å². The highest BCUT2D eigenvalue weighted by molar-refractivity contribution is 5.90. The molecule has 1 aliphatic carbocycles. The second-order valence-corrected chi connectivity index (χ2v) is 7.36. The number of hydrogen-bond acceptors (Lipinski definition) is 3. The monoisotopic (exact) mass is 361 g/mol. The summed E-state index contributed by atoms with van der Waals surface area (Å²) >= 11 is 0. The lowest BCUT2D eigenvalue weighted by molar-refractivity contribution is -0.134. The molecule has 5 nitrogen and oxygen atoms in total. The van der Waals surface area contributed by atoms with Gasteiger partial charge in [0.25, 0.3) is 0 Å². The smallest absolute Gasteiger partial charge is 0.225 e. The molecular weight excluding hydrogens is 333 g/mol. The van der Waals surface area contributed by atoms with E-state index in [4.69, 9.17) is 0 Å². The predicted molar refractivity (Wildman–Crippen MR) is 99.2 cm³/mol. The molecule has 0 spiro atoms. The SMILES string of the molecule is O=C(CCN1CCN(C(=O)CC2CCCC2)CC1)Nc1ccccc1F. The van der Waals surface area contributed by atoms with Crippen molar-refractivity contribution in [3.05, 3.63) is 30.1 Å². The van der Waals surface area contributed by atoms with Crippen molar-refractivity contribution in [3.63, 3.8) is 0 Å². The number of anilines is 1. The number of hydrogen-bond donors (Lipinski definition) is 1. The Balaban J connectivity index is 1.35. The number of para-hydroxylation sites is 1. The van der Waals surface area contributed by atoms with Gasteiger partial charge in [-0.1, -0.05) is 25.0 Å². The van der Waals surface area contributed by atoms with Crippen molar-refractivity contribution in [2.45, 2.75) is 38.5 Å². The minimum Gasteiger partial charge on any atom is -0.340 e. The molecule has 1 aromatic carbocycles. The molecule has 0 unspecified atom stereocenters. The largest absolute Gasteiger partial charge is 0.340 e. The van der Waals surface area contributed by atoms with Crippen molar-refractivity contribution >= 4 is 17.5 Å². The lowest BCUT2D eigenvalue weighted by Gasteiger charge is -2.35. The number of carbonyl (C=O) groups excluding carboxylic acids is 2. The van der Waals surface area contributed by atoms with Gasteiger partial charge in [0.1, 0.15) is 5.82 Å². The number of rotatable bonds is 6. The summed E-state index contributed by atoms with van der Waals surface area (Å²) in [5.41, 5.74) is 0.222. The van der Waals surface area contributed by atoms with Gasteiger partial charge < -0.3 is 10.2 Å². The minimum absolute atomic E-state index is 0.185. The van der Waals surface area contributed by atoms with Gasteiger partial charge >= 0.3 is 0 Å². The Bertz CT molecular complexity index is 623. The maximum atomic E-state index is 13.5. The molecule has 3 rings (SSSR count). The maximum absolute atomic E-state index is 13.5. The highest BCUT2D eigenvalue weighted by Crippen LogP contribution is 2.28. The van der Waals surface area contributed by atoms with Crippen molar-refractivity contribution in [1.82, 2.24) is 9.80 Å². The van der Waals surface area contributed by atoms with E-state index in [0.717, 1.165) is 26.2 Å². The fourth-order valence-corrected chi connectivity index (χ4v) is 3.85. The summed E-state index contributed by atoms with van der Waals surface area (Å²) in [7, 11) is 0. The van der Waals surface area contributed by atoms with E-state index >= 15 is 0 Å². The van der Waals surface area contributed by atoms with Crippen LogP contribution < -0.4 is 5.32 Å². The van der Waals surface area contributed by atoms with Crippen LogP contribution in [0.15, 0.2) is 24.3 Å². The number of nitrogens with zero attached hydrogens (tertiary/aromatic N) is 2. The molecule has 142 valence electrons. The van der Waals surface area contributed by atoms with Crippen LogP contribution in [0.4, 0.5) is 10.1 Å².